The van der Waals surface area contributed by atoms with Gasteiger partial charge in [0.25, 0.3) is 0 Å². The predicted octanol–water partition coefficient (Wildman–Crippen LogP) is 4.17. The number of nitrogens with zero attached hydrogens (tertiary/aromatic N) is 2. The zero-order chi connectivity index (χ0) is 13.2. The molecule has 3 rings (SSSR count). The normalized spacial score (nSPS) is 16.7. The molecule has 2 aromatic rings. The minimum Gasteiger partial charge on any atom is -0.367 e. The fourth-order valence-corrected chi connectivity index (χ4v) is 2.80. The largest absolute Gasteiger partial charge is 0.367 e. The van der Waals surface area contributed by atoms with Crippen LogP contribution in [0.4, 0.5) is 10.2 Å². The number of hydrogen-bond acceptors (Lipinski definition) is 3. The first kappa shape index (κ1) is 12.6. The minimum absolute atomic E-state index is 0.149. The van der Waals surface area contributed by atoms with Crippen molar-refractivity contribution in [1.29, 1.82) is 0 Å². The lowest BCUT2D eigenvalue weighted by Gasteiger charge is -2.23. The summed E-state index contributed by atoms with van der Waals surface area (Å²) >= 11 is 5.91. The van der Waals surface area contributed by atoms with E-state index in [1.165, 1.54) is 31.4 Å². The van der Waals surface area contributed by atoms with E-state index >= 15 is 0 Å². The van der Waals surface area contributed by atoms with Crippen LogP contribution in [0.2, 0.25) is 5.28 Å². The van der Waals surface area contributed by atoms with E-state index in [9.17, 15) is 4.39 Å². The quantitative estimate of drug-likeness (QED) is 0.839. The van der Waals surface area contributed by atoms with Crippen molar-refractivity contribution in [2.24, 2.45) is 0 Å². The SMILES string of the molecule is Fc1ccc2c(NC3CCCCC3)nc(Cl)nc2c1. The molecular formula is C14H15ClFN3. The van der Waals surface area contributed by atoms with Crippen molar-refractivity contribution in [1.82, 2.24) is 9.97 Å². The highest BCUT2D eigenvalue weighted by molar-refractivity contribution is 6.28. The Labute approximate surface area is 116 Å². The van der Waals surface area contributed by atoms with E-state index in [-0.39, 0.29) is 11.1 Å². The number of rotatable bonds is 2. The Bertz CT molecular complexity index is 591. The highest BCUT2D eigenvalue weighted by atomic mass is 35.5. The van der Waals surface area contributed by atoms with Gasteiger partial charge in [-0.15, -0.1) is 0 Å². The van der Waals surface area contributed by atoms with E-state index in [1.54, 1.807) is 6.07 Å². The van der Waals surface area contributed by atoms with Crippen LogP contribution in [0, 0.1) is 5.82 Å². The van der Waals surface area contributed by atoms with Gasteiger partial charge in [0.2, 0.25) is 5.28 Å². The molecule has 1 N–H and O–H groups in total. The van der Waals surface area contributed by atoms with Gasteiger partial charge in [-0.2, -0.15) is 0 Å². The molecule has 0 radical (unpaired) electrons. The van der Waals surface area contributed by atoms with Gasteiger partial charge in [0.15, 0.2) is 0 Å². The maximum Gasteiger partial charge on any atom is 0.224 e. The lowest BCUT2D eigenvalue weighted by atomic mass is 9.95. The van der Waals surface area contributed by atoms with Gasteiger partial charge in [0.1, 0.15) is 11.6 Å². The molecule has 5 heteroatoms. The molecule has 0 bridgehead atoms. The summed E-state index contributed by atoms with van der Waals surface area (Å²) in [6, 6.07) is 4.93. The summed E-state index contributed by atoms with van der Waals surface area (Å²) in [5.74, 6) is 0.396. The second kappa shape index (κ2) is 5.29. The van der Waals surface area contributed by atoms with Gasteiger partial charge < -0.3 is 5.32 Å². The van der Waals surface area contributed by atoms with Crippen LogP contribution in [0.5, 0.6) is 0 Å². The van der Waals surface area contributed by atoms with Crippen molar-refractivity contribution in [2.75, 3.05) is 5.32 Å². The maximum absolute atomic E-state index is 13.2. The first-order valence-electron chi connectivity index (χ1n) is 6.62. The van der Waals surface area contributed by atoms with Crippen LogP contribution in [-0.4, -0.2) is 16.0 Å². The molecule has 0 saturated heterocycles. The zero-order valence-electron chi connectivity index (χ0n) is 10.5. The van der Waals surface area contributed by atoms with Crippen molar-refractivity contribution in [3.63, 3.8) is 0 Å². The van der Waals surface area contributed by atoms with Gasteiger partial charge in [-0.1, -0.05) is 19.3 Å². The standard InChI is InChI=1S/C14H15ClFN3/c15-14-18-12-8-9(16)6-7-11(12)13(19-14)17-10-4-2-1-3-5-10/h6-8,10H,1-5H2,(H,17,18,19). The number of halogens is 2. The molecule has 1 saturated carbocycles. The van der Waals surface area contributed by atoms with Gasteiger partial charge in [0, 0.05) is 17.5 Å². The summed E-state index contributed by atoms with van der Waals surface area (Å²) in [7, 11) is 0. The molecule has 0 atom stereocenters. The molecule has 1 aromatic carbocycles. The van der Waals surface area contributed by atoms with Crippen molar-refractivity contribution in [3.05, 3.63) is 29.3 Å². The van der Waals surface area contributed by atoms with E-state index in [0.29, 0.717) is 17.4 Å². The summed E-state index contributed by atoms with van der Waals surface area (Å²) in [6.07, 6.45) is 6.06. The summed E-state index contributed by atoms with van der Waals surface area (Å²) in [6.45, 7) is 0. The Morgan fingerprint density at radius 1 is 1.16 bits per heavy atom. The number of hydrogen-bond donors (Lipinski definition) is 1. The topological polar surface area (TPSA) is 37.8 Å². The second-order valence-electron chi connectivity index (χ2n) is 4.98. The lowest BCUT2D eigenvalue weighted by molar-refractivity contribution is 0.462. The van der Waals surface area contributed by atoms with E-state index in [0.717, 1.165) is 18.2 Å². The van der Waals surface area contributed by atoms with Crippen LogP contribution in [0.1, 0.15) is 32.1 Å². The van der Waals surface area contributed by atoms with Crippen molar-refractivity contribution in [2.45, 2.75) is 38.1 Å². The van der Waals surface area contributed by atoms with Crippen molar-refractivity contribution >= 4 is 28.3 Å². The molecule has 1 aliphatic carbocycles. The van der Waals surface area contributed by atoms with Crippen molar-refractivity contribution < 1.29 is 4.39 Å². The summed E-state index contributed by atoms with van der Waals surface area (Å²) in [4.78, 5) is 8.31. The summed E-state index contributed by atoms with van der Waals surface area (Å²) in [5, 5.41) is 4.39. The Hall–Kier alpha value is -1.42. The van der Waals surface area contributed by atoms with E-state index in [2.05, 4.69) is 15.3 Å². The predicted molar refractivity (Wildman–Crippen MR) is 75.0 cm³/mol. The number of anilines is 1. The first-order chi connectivity index (χ1) is 9.22. The second-order valence-corrected chi connectivity index (χ2v) is 5.32. The van der Waals surface area contributed by atoms with Gasteiger partial charge in [-0.05, 0) is 36.6 Å². The average Bonchev–Trinajstić information content (AvgIpc) is 2.39. The molecular weight excluding hydrogens is 265 g/mol. The Balaban J connectivity index is 1.97. The molecule has 3 nitrogen and oxygen atoms in total. The van der Waals surface area contributed by atoms with E-state index < -0.39 is 0 Å². The van der Waals surface area contributed by atoms with Crippen LogP contribution >= 0.6 is 11.6 Å². The average molecular weight is 280 g/mol. The third-order valence-corrected chi connectivity index (χ3v) is 3.75. The Kier molecular flexibility index (Phi) is 3.51. The third kappa shape index (κ3) is 2.78. The monoisotopic (exact) mass is 279 g/mol. The molecule has 1 aliphatic rings. The van der Waals surface area contributed by atoms with Crippen LogP contribution in [0.3, 0.4) is 0 Å². The molecule has 0 unspecified atom stereocenters. The minimum atomic E-state index is -0.314. The van der Waals surface area contributed by atoms with E-state index in [4.69, 9.17) is 11.6 Å². The molecule has 1 aromatic heterocycles. The van der Waals surface area contributed by atoms with Crippen LogP contribution in [-0.2, 0) is 0 Å². The molecule has 1 heterocycles. The fourth-order valence-electron chi connectivity index (χ4n) is 2.62. The molecule has 19 heavy (non-hydrogen) atoms. The molecule has 0 aliphatic heterocycles. The van der Waals surface area contributed by atoms with Gasteiger partial charge in [-0.25, -0.2) is 14.4 Å². The lowest BCUT2D eigenvalue weighted by Crippen LogP contribution is -2.23. The summed E-state index contributed by atoms with van der Waals surface area (Å²) in [5.41, 5.74) is 0.540. The van der Waals surface area contributed by atoms with E-state index in [1.807, 2.05) is 0 Å². The Morgan fingerprint density at radius 2 is 1.95 bits per heavy atom. The number of nitrogens with one attached hydrogen (secondary N) is 1. The fraction of sp³-hybridized carbons (Fsp3) is 0.429. The highest BCUT2D eigenvalue weighted by Crippen LogP contribution is 2.26. The van der Waals surface area contributed by atoms with Gasteiger partial charge in [-0.3, -0.25) is 0 Å². The first-order valence-corrected chi connectivity index (χ1v) is 6.99. The zero-order valence-corrected chi connectivity index (χ0v) is 11.3. The van der Waals surface area contributed by atoms with Crippen LogP contribution < -0.4 is 5.32 Å². The highest BCUT2D eigenvalue weighted by Gasteiger charge is 2.16. The number of aromatic nitrogens is 2. The number of benzene rings is 1. The van der Waals surface area contributed by atoms with Gasteiger partial charge in [0.05, 0.1) is 5.52 Å². The van der Waals surface area contributed by atoms with Crippen LogP contribution in [0.25, 0.3) is 10.9 Å². The van der Waals surface area contributed by atoms with Crippen LogP contribution in [0.15, 0.2) is 18.2 Å². The third-order valence-electron chi connectivity index (χ3n) is 3.58. The molecule has 100 valence electrons. The van der Waals surface area contributed by atoms with Crippen molar-refractivity contribution in [3.8, 4) is 0 Å². The van der Waals surface area contributed by atoms with Gasteiger partial charge >= 0.3 is 0 Å². The molecule has 0 spiro atoms. The molecule has 1 fully saturated rings. The maximum atomic E-state index is 13.2. The molecule has 0 amide bonds. The smallest absolute Gasteiger partial charge is 0.224 e. The summed E-state index contributed by atoms with van der Waals surface area (Å²) < 4.78 is 13.2. The Morgan fingerprint density at radius 3 is 2.74 bits per heavy atom. The number of fused-ring (bicyclic) bond motifs is 1.